The number of rotatable bonds is 3. The Bertz CT molecular complexity index is 2260. The maximum Gasteiger partial charge on any atom is 0.411 e. The monoisotopic (exact) mass is 695 g/mol. The third-order valence-corrected chi connectivity index (χ3v) is 11.0. The van der Waals surface area contributed by atoms with Gasteiger partial charge in [0.2, 0.25) is 0 Å². The van der Waals surface area contributed by atoms with Gasteiger partial charge in [-0.15, -0.1) is 0 Å². The van der Waals surface area contributed by atoms with Gasteiger partial charge in [-0.1, -0.05) is 36.1 Å². The molecule has 0 unspecified atom stereocenters. The van der Waals surface area contributed by atoms with Crippen LogP contribution < -0.4 is 0 Å². The molecule has 2 aliphatic carbocycles. The summed E-state index contributed by atoms with van der Waals surface area (Å²) in [6.45, 7) is 11.5. The molecule has 2 saturated carbocycles. The van der Waals surface area contributed by atoms with Crippen molar-refractivity contribution in [2.45, 2.75) is 109 Å². The van der Waals surface area contributed by atoms with Crippen LogP contribution >= 0.6 is 0 Å². The van der Waals surface area contributed by atoms with E-state index in [0.717, 1.165) is 87.7 Å². The summed E-state index contributed by atoms with van der Waals surface area (Å²) in [5.74, 6) is 8.59. The number of carbonyl (C=O) groups is 2. The first-order chi connectivity index (χ1) is 24.8. The van der Waals surface area contributed by atoms with Gasteiger partial charge in [0.1, 0.15) is 17.0 Å². The van der Waals surface area contributed by atoms with E-state index in [4.69, 9.17) is 19.5 Å². The fourth-order valence-corrected chi connectivity index (χ4v) is 8.40. The number of allylic oxidation sites excluding steroid dienone is 1. The van der Waals surface area contributed by atoms with Crippen LogP contribution in [0.4, 0.5) is 9.59 Å². The van der Waals surface area contributed by atoms with Gasteiger partial charge in [0, 0.05) is 46.9 Å². The topological polar surface area (TPSA) is 100 Å². The van der Waals surface area contributed by atoms with Crippen LogP contribution in [0.5, 0.6) is 0 Å². The molecule has 2 amide bonds. The van der Waals surface area contributed by atoms with E-state index in [1.165, 1.54) is 0 Å². The number of hydrogen-bond donors (Lipinski definition) is 1. The van der Waals surface area contributed by atoms with Gasteiger partial charge in [-0.3, -0.25) is 14.8 Å². The van der Waals surface area contributed by atoms with Crippen molar-refractivity contribution in [3.8, 4) is 11.8 Å². The number of carbonyl (C=O) groups excluding carboxylic acids is 2. The molecule has 52 heavy (non-hydrogen) atoms. The quantitative estimate of drug-likeness (QED) is 0.216. The number of fused-ring (bicyclic) bond motifs is 5. The first-order valence-corrected chi connectivity index (χ1v) is 18.6. The zero-order valence-corrected chi connectivity index (χ0v) is 30.7. The summed E-state index contributed by atoms with van der Waals surface area (Å²) in [7, 11) is 0. The van der Waals surface area contributed by atoms with E-state index >= 15 is 0 Å². The average Bonchev–Trinajstić information content (AvgIpc) is 3.69. The summed E-state index contributed by atoms with van der Waals surface area (Å²) in [6.07, 6.45) is 6.20. The van der Waals surface area contributed by atoms with E-state index in [-0.39, 0.29) is 36.4 Å². The van der Waals surface area contributed by atoms with Crippen LogP contribution in [-0.4, -0.2) is 67.0 Å². The van der Waals surface area contributed by atoms with Crippen LogP contribution in [0.1, 0.15) is 102 Å². The van der Waals surface area contributed by atoms with E-state index < -0.39 is 11.2 Å². The molecule has 4 fully saturated rings. The molecule has 4 aromatic rings. The third-order valence-electron chi connectivity index (χ3n) is 11.0. The van der Waals surface area contributed by atoms with Crippen LogP contribution in [0.3, 0.4) is 0 Å². The Kier molecular flexibility index (Phi) is 7.38. The van der Waals surface area contributed by atoms with E-state index in [1.807, 2.05) is 63.6 Å². The van der Waals surface area contributed by atoms with Gasteiger partial charge >= 0.3 is 12.2 Å². The Morgan fingerprint density at radius 3 is 2.06 bits per heavy atom. The lowest BCUT2D eigenvalue weighted by Crippen LogP contribution is -2.45. The highest BCUT2D eigenvalue weighted by Crippen LogP contribution is 2.54. The molecule has 9 nitrogen and oxygen atoms in total. The number of hydrogen-bond acceptors (Lipinski definition) is 6. The number of benzene rings is 3. The van der Waals surface area contributed by atoms with Crippen molar-refractivity contribution in [3.05, 3.63) is 83.3 Å². The van der Waals surface area contributed by atoms with E-state index in [0.29, 0.717) is 11.8 Å². The molecule has 1 aromatic heterocycles. The second-order valence-electron chi connectivity index (χ2n) is 17.2. The highest BCUT2D eigenvalue weighted by atomic mass is 16.6. The summed E-state index contributed by atoms with van der Waals surface area (Å²) in [4.78, 5) is 43.4. The first kappa shape index (κ1) is 32.8. The fraction of sp³-hybridized carbons (Fsp3) is 0.442. The minimum atomic E-state index is -0.541. The Morgan fingerprint density at radius 2 is 1.38 bits per heavy atom. The standard InChI is InChI=1S/C43H45N5O4/c1-42(2,3)51-40(49)47-34-19-28(34)21-36(47)33-18-30(23-44-33)26-12-9-24(10-13-26)7-8-25-11-15-31-27(17-25)14-16-32-38(31)46-39(45-32)37-22-29-20-35(29)48(37)41(50)52-43(4,5)6/h9-17,23,28-29,34-37H,18-22H2,1-6H3,(H,45,46)/t28-,29-,34-,35-,36+,37+/m1/s1. The van der Waals surface area contributed by atoms with Crippen LogP contribution in [0.25, 0.3) is 27.4 Å². The van der Waals surface area contributed by atoms with Gasteiger partial charge in [0.25, 0.3) is 0 Å². The van der Waals surface area contributed by atoms with Gasteiger partial charge in [-0.2, -0.15) is 0 Å². The van der Waals surface area contributed by atoms with Gasteiger partial charge in [-0.05, 0) is 126 Å². The van der Waals surface area contributed by atoms with Gasteiger partial charge in [0.05, 0.1) is 23.1 Å². The van der Waals surface area contributed by atoms with Crippen molar-refractivity contribution in [1.82, 2.24) is 19.8 Å². The van der Waals surface area contributed by atoms with E-state index in [1.54, 1.807) is 0 Å². The molecule has 1 N–H and O–H groups in total. The summed E-state index contributed by atoms with van der Waals surface area (Å²) >= 11 is 0. The number of amides is 2. The Labute approximate surface area is 304 Å². The fourth-order valence-electron chi connectivity index (χ4n) is 8.40. The molecule has 9 rings (SSSR count). The smallest absolute Gasteiger partial charge is 0.411 e. The number of likely N-dealkylation sites (tertiary alicyclic amines) is 2. The van der Waals surface area contributed by atoms with Crippen molar-refractivity contribution in [2.75, 3.05) is 0 Å². The Balaban J connectivity index is 0.872. The maximum absolute atomic E-state index is 13.1. The van der Waals surface area contributed by atoms with Crippen molar-refractivity contribution in [3.63, 3.8) is 0 Å². The molecular weight excluding hydrogens is 651 g/mol. The molecule has 4 heterocycles. The summed E-state index contributed by atoms with van der Waals surface area (Å²) in [5.41, 5.74) is 6.00. The highest BCUT2D eigenvalue weighted by Gasteiger charge is 2.57. The molecule has 2 saturated heterocycles. The number of imidazole rings is 1. The van der Waals surface area contributed by atoms with E-state index in [2.05, 4.69) is 65.4 Å². The second kappa shape index (κ2) is 11.7. The zero-order valence-electron chi connectivity index (χ0n) is 30.7. The molecule has 6 atom stereocenters. The molecule has 3 aliphatic heterocycles. The van der Waals surface area contributed by atoms with Crippen LogP contribution in [0, 0.1) is 23.7 Å². The van der Waals surface area contributed by atoms with Gasteiger partial charge < -0.3 is 14.5 Å². The van der Waals surface area contributed by atoms with E-state index in [9.17, 15) is 9.59 Å². The first-order valence-electron chi connectivity index (χ1n) is 18.6. The Morgan fingerprint density at radius 1 is 0.769 bits per heavy atom. The van der Waals surface area contributed by atoms with Crippen molar-refractivity contribution < 1.29 is 19.1 Å². The molecule has 5 aliphatic rings. The second-order valence-corrected chi connectivity index (χ2v) is 17.2. The molecule has 266 valence electrons. The molecule has 0 radical (unpaired) electrons. The number of H-pyrrole nitrogens is 1. The van der Waals surface area contributed by atoms with Crippen LogP contribution in [0.2, 0.25) is 0 Å². The summed E-state index contributed by atoms with van der Waals surface area (Å²) in [5, 5.41) is 2.12. The number of nitrogens with zero attached hydrogens (tertiary/aromatic N) is 4. The maximum atomic E-state index is 13.1. The number of nitrogens with one attached hydrogen (secondary N) is 1. The van der Waals surface area contributed by atoms with Crippen molar-refractivity contribution in [2.24, 2.45) is 16.8 Å². The minimum absolute atomic E-state index is 0.0120. The minimum Gasteiger partial charge on any atom is -0.444 e. The van der Waals surface area contributed by atoms with Gasteiger partial charge in [0.15, 0.2) is 0 Å². The SMILES string of the molecule is CC(C)(C)OC(=O)N1[C@@H]2C[C@@H]2C[C@H]1C1=NC=C(c2ccc(C#Cc3ccc4c(ccc5[nH]c([C@@H]6C[C@H]7C[C@H]7N6C(=O)OC(C)(C)C)nc54)c3)cc2)C1. The predicted octanol–water partition coefficient (Wildman–Crippen LogP) is 8.77. The van der Waals surface area contributed by atoms with Crippen LogP contribution in [-0.2, 0) is 9.47 Å². The number of aromatic nitrogens is 2. The molecular formula is C43H45N5O4. The number of aliphatic imine (C=N–C) groups is 1. The normalized spacial score (nSPS) is 26.0. The number of aromatic amines is 1. The average molecular weight is 696 g/mol. The summed E-state index contributed by atoms with van der Waals surface area (Å²) in [6, 6.07) is 19.2. The molecule has 9 heteroatoms. The molecule has 0 bridgehead atoms. The van der Waals surface area contributed by atoms with Crippen molar-refractivity contribution >= 4 is 45.3 Å². The molecule has 0 spiro atoms. The van der Waals surface area contributed by atoms with Crippen molar-refractivity contribution in [1.29, 1.82) is 0 Å². The third kappa shape index (κ3) is 6.12. The highest BCUT2D eigenvalue weighted by molar-refractivity contribution is 6.05. The number of piperidine rings is 2. The van der Waals surface area contributed by atoms with Gasteiger partial charge in [-0.25, -0.2) is 14.6 Å². The lowest BCUT2D eigenvalue weighted by atomic mass is 9.97. The molecule has 3 aromatic carbocycles. The summed E-state index contributed by atoms with van der Waals surface area (Å²) < 4.78 is 11.5. The van der Waals surface area contributed by atoms with Crippen LogP contribution in [0.15, 0.2) is 65.8 Å². The zero-order chi connectivity index (χ0) is 36.1. The largest absolute Gasteiger partial charge is 0.444 e. The lowest BCUT2D eigenvalue weighted by Gasteiger charge is -2.30. The lowest BCUT2D eigenvalue weighted by molar-refractivity contribution is 0.0173. The number of ether oxygens (including phenoxy) is 2. The Hall–Kier alpha value is -5.10. The predicted molar refractivity (Wildman–Crippen MR) is 202 cm³/mol.